The average molecular weight is 624 g/mol. The fourth-order valence-electron chi connectivity index (χ4n) is 6.14. The summed E-state index contributed by atoms with van der Waals surface area (Å²) in [7, 11) is 3.98. The van der Waals surface area contributed by atoms with Gasteiger partial charge < -0.3 is 24.8 Å². The van der Waals surface area contributed by atoms with Crippen LogP contribution >= 0.6 is 0 Å². The average Bonchev–Trinajstić information content (AvgIpc) is 3.38. The zero-order chi connectivity index (χ0) is 32.8. The highest BCUT2D eigenvalue weighted by Gasteiger charge is 2.47. The molecule has 0 aliphatic carbocycles. The Bertz CT molecular complexity index is 1560. The van der Waals surface area contributed by atoms with Gasteiger partial charge in [-0.15, -0.1) is 0 Å². The Morgan fingerprint density at radius 3 is 2.26 bits per heavy atom. The molecule has 46 heavy (non-hydrogen) atoms. The first kappa shape index (κ1) is 32.8. The summed E-state index contributed by atoms with van der Waals surface area (Å²) in [6, 6.07) is 25.3. The summed E-state index contributed by atoms with van der Waals surface area (Å²) in [6.07, 6.45) is 0.511. The summed E-state index contributed by atoms with van der Waals surface area (Å²) in [6.45, 7) is 8.31. The van der Waals surface area contributed by atoms with Crippen molar-refractivity contribution in [2.45, 2.75) is 45.8 Å². The van der Waals surface area contributed by atoms with E-state index in [1.165, 1.54) is 0 Å². The van der Waals surface area contributed by atoms with Gasteiger partial charge in [0.25, 0.3) is 5.91 Å². The third kappa shape index (κ3) is 7.42. The number of para-hydroxylation sites is 1. The van der Waals surface area contributed by atoms with Crippen molar-refractivity contribution in [2.24, 2.45) is 5.92 Å². The number of ether oxygens (including phenoxy) is 1. The second-order valence-electron chi connectivity index (χ2n) is 12.6. The van der Waals surface area contributed by atoms with Crippen molar-refractivity contribution >= 4 is 17.8 Å². The van der Waals surface area contributed by atoms with E-state index in [1.54, 1.807) is 9.80 Å². The number of benzene rings is 3. The van der Waals surface area contributed by atoms with Gasteiger partial charge in [0, 0.05) is 26.2 Å². The van der Waals surface area contributed by atoms with E-state index < -0.39 is 12.1 Å². The molecule has 3 aromatic rings. The summed E-state index contributed by atoms with van der Waals surface area (Å²) in [5, 5.41) is 3.07. The standard InChI is InChI=1S/C37H45N5O4/c1-6-41-32-25-42(31(22-26(2)3)35(43)40(21-20-39(4)5)24-27-14-9-7-10-15-27)36(44)33(32)34(38-37(41)45)28-16-13-19-30(23-28)46-29-17-11-8-12-18-29/h7-19,23,26,31,34H,6,20-22,24-25H2,1-5H3,(H,38,45)/t31-,34+/m1/s1. The lowest BCUT2D eigenvalue weighted by Gasteiger charge is -2.34. The highest BCUT2D eigenvalue weighted by molar-refractivity contribution is 6.03. The maximum atomic E-state index is 14.5. The Labute approximate surface area is 272 Å². The number of rotatable bonds is 13. The minimum atomic E-state index is -0.675. The van der Waals surface area contributed by atoms with Crippen LogP contribution in [0.1, 0.15) is 44.4 Å². The van der Waals surface area contributed by atoms with E-state index in [-0.39, 0.29) is 30.3 Å². The van der Waals surface area contributed by atoms with Crippen molar-refractivity contribution in [3.05, 3.63) is 107 Å². The van der Waals surface area contributed by atoms with Gasteiger partial charge in [-0.05, 0) is 68.8 Å². The van der Waals surface area contributed by atoms with Crippen LogP contribution in [0.15, 0.2) is 96.2 Å². The molecule has 9 heteroatoms. The molecule has 0 bridgehead atoms. The molecule has 0 aromatic heterocycles. The summed E-state index contributed by atoms with van der Waals surface area (Å²) in [4.78, 5) is 49.7. The van der Waals surface area contributed by atoms with E-state index in [9.17, 15) is 14.4 Å². The molecule has 2 atom stereocenters. The van der Waals surface area contributed by atoms with E-state index in [0.717, 1.165) is 11.1 Å². The largest absolute Gasteiger partial charge is 0.457 e. The molecule has 242 valence electrons. The van der Waals surface area contributed by atoms with Gasteiger partial charge in [0.1, 0.15) is 17.5 Å². The lowest BCUT2D eigenvalue weighted by atomic mass is 9.95. The SMILES string of the molecule is CCN1C(=O)N[C@@H](c2cccc(Oc3ccccc3)c2)C2=C1CN([C@H](CC(C)C)C(=O)N(CCN(C)C)Cc1ccccc1)C2=O. The monoisotopic (exact) mass is 623 g/mol. The van der Waals surface area contributed by atoms with Crippen molar-refractivity contribution in [1.29, 1.82) is 0 Å². The van der Waals surface area contributed by atoms with Gasteiger partial charge in [-0.1, -0.05) is 74.5 Å². The molecular weight excluding hydrogens is 578 g/mol. The molecule has 0 saturated carbocycles. The van der Waals surface area contributed by atoms with Gasteiger partial charge in [0.05, 0.1) is 23.9 Å². The molecule has 5 rings (SSSR count). The quantitative estimate of drug-likeness (QED) is 0.265. The normalized spacial score (nSPS) is 17.0. The Morgan fingerprint density at radius 2 is 1.61 bits per heavy atom. The van der Waals surface area contributed by atoms with Gasteiger partial charge in [-0.2, -0.15) is 0 Å². The maximum absolute atomic E-state index is 14.5. The third-order valence-corrected chi connectivity index (χ3v) is 8.44. The zero-order valence-corrected chi connectivity index (χ0v) is 27.5. The molecule has 2 aliphatic heterocycles. The van der Waals surface area contributed by atoms with E-state index in [1.807, 2.05) is 111 Å². The fourth-order valence-corrected chi connectivity index (χ4v) is 6.14. The predicted octanol–water partition coefficient (Wildman–Crippen LogP) is 5.67. The molecule has 9 nitrogen and oxygen atoms in total. The predicted molar refractivity (Wildman–Crippen MR) is 179 cm³/mol. The first-order valence-electron chi connectivity index (χ1n) is 16.1. The maximum Gasteiger partial charge on any atom is 0.322 e. The first-order chi connectivity index (χ1) is 22.2. The second kappa shape index (κ2) is 14.6. The lowest BCUT2D eigenvalue weighted by molar-refractivity contribution is -0.144. The van der Waals surface area contributed by atoms with Crippen LogP contribution in [-0.4, -0.2) is 83.8 Å². The molecule has 1 N–H and O–H groups in total. The lowest BCUT2D eigenvalue weighted by Crippen LogP contribution is -2.51. The minimum absolute atomic E-state index is 0.0789. The van der Waals surface area contributed by atoms with Gasteiger partial charge >= 0.3 is 6.03 Å². The van der Waals surface area contributed by atoms with Crippen LogP contribution in [-0.2, 0) is 16.1 Å². The molecule has 4 amide bonds. The number of nitrogens with one attached hydrogen (secondary N) is 1. The van der Waals surface area contributed by atoms with Crippen LogP contribution in [0.25, 0.3) is 0 Å². The summed E-state index contributed by atoms with van der Waals surface area (Å²) in [5.41, 5.74) is 2.93. The topological polar surface area (TPSA) is 85.4 Å². The van der Waals surface area contributed by atoms with Crippen molar-refractivity contribution < 1.29 is 19.1 Å². The number of nitrogens with zero attached hydrogens (tertiary/aromatic N) is 4. The van der Waals surface area contributed by atoms with E-state index in [2.05, 4.69) is 24.1 Å². The number of urea groups is 1. The Morgan fingerprint density at radius 1 is 0.935 bits per heavy atom. The molecular formula is C37H45N5O4. The first-order valence-corrected chi connectivity index (χ1v) is 16.1. The van der Waals surface area contributed by atoms with Gasteiger partial charge in [0.2, 0.25) is 5.91 Å². The van der Waals surface area contributed by atoms with Crippen LogP contribution < -0.4 is 10.1 Å². The number of carbonyl (C=O) groups is 3. The fraction of sp³-hybridized carbons (Fsp3) is 0.378. The van der Waals surface area contributed by atoms with E-state index in [0.29, 0.717) is 55.4 Å². The van der Waals surface area contributed by atoms with Gasteiger partial charge in [-0.25, -0.2) is 4.79 Å². The van der Waals surface area contributed by atoms with E-state index >= 15 is 0 Å². The highest BCUT2D eigenvalue weighted by atomic mass is 16.5. The molecule has 0 fully saturated rings. The van der Waals surface area contributed by atoms with Crippen molar-refractivity contribution in [1.82, 2.24) is 24.9 Å². The van der Waals surface area contributed by atoms with Crippen LogP contribution in [0, 0.1) is 5.92 Å². The van der Waals surface area contributed by atoms with E-state index in [4.69, 9.17) is 4.74 Å². The third-order valence-electron chi connectivity index (χ3n) is 8.44. The summed E-state index contributed by atoms with van der Waals surface area (Å²) >= 11 is 0. The van der Waals surface area contributed by atoms with Crippen molar-refractivity contribution in [3.8, 4) is 11.5 Å². The molecule has 2 aliphatic rings. The molecule has 2 heterocycles. The number of amides is 4. The Hall–Kier alpha value is -4.63. The zero-order valence-electron chi connectivity index (χ0n) is 27.5. The molecule has 0 radical (unpaired) electrons. The highest BCUT2D eigenvalue weighted by Crippen LogP contribution is 2.39. The second-order valence-corrected chi connectivity index (χ2v) is 12.6. The van der Waals surface area contributed by atoms with Crippen molar-refractivity contribution in [3.63, 3.8) is 0 Å². The van der Waals surface area contributed by atoms with Crippen molar-refractivity contribution in [2.75, 3.05) is 40.3 Å². The molecule has 0 spiro atoms. The molecule has 3 aromatic carbocycles. The van der Waals surface area contributed by atoms with Crippen LogP contribution in [0.4, 0.5) is 4.79 Å². The number of carbonyl (C=O) groups excluding carboxylic acids is 3. The van der Waals surface area contributed by atoms with Crippen LogP contribution in [0.5, 0.6) is 11.5 Å². The molecule has 0 unspecified atom stereocenters. The number of likely N-dealkylation sites (N-methyl/N-ethyl adjacent to an activating group) is 2. The Kier molecular flexibility index (Phi) is 10.4. The van der Waals surface area contributed by atoms with Crippen LogP contribution in [0.2, 0.25) is 0 Å². The number of hydrogen-bond donors (Lipinski definition) is 1. The number of hydrogen-bond acceptors (Lipinski definition) is 5. The molecule has 0 saturated heterocycles. The Balaban J connectivity index is 1.47. The summed E-state index contributed by atoms with van der Waals surface area (Å²) < 4.78 is 6.08. The summed E-state index contributed by atoms with van der Waals surface area (Å²) in [5.74, 6) is 1.16. The van der Waals surface area contributed by atoms with Gasteiger partial charge in [-0.3, -0.25) is 14.5 Å². The van der Waals surface area contributed by atoms with Gasteiger partial charge in [0.15, 0.2) is 0 Å². The smallest absolute Gasteiger partial charge is 0.322 e. The minimum Gasteiger partial charge on any atom is -0.457 e. The van der Waals surface area contributed by atoms with Crippen LogP contribution in [0.3, 0.4) is 0 Å².